The van der Waals surface area contributed by atoms with Gasteiger partial charge in [0.05, 0.1) is 0 Å². The fraction of sp³-hybridized carbons (Fsp3) is 0.920. The summed E-state index contributed by atoms with van der Waals surface area (Å²) >= 11 is 0. The zero-order chi connectivity index (χ0) is 23.3. The van der Waals surface area contributed by atoms with Gasteiger partial charge in [0.15, 0.2) is 5.96 Å². The van der Waals surface area contributed by atoms with E-state index in [-0.39, 0.29) is 12.1 Å². The summed E-state index contributed by atoms with van der Waals surface area (Å²) in [7, 11) is 1.88. The number of likely N-dealkylation sites (tertiary alicyclic amines) is 2. The predicted octanol–water partition coefficient (Wildman–Crippen LogP) is 3.79. The minimum absolute atomic E-state index is 0.141. The van der Waals surface area contributed by atoms with Crippen LogP contribution < -0.4 is 5.32 Å². The quantitative estimate of drug-likeness (QED) is 0.494. The average Bonchev–Trinajstić information content (AvgIpc) is 3.56. The zero-order valence-electron chi connectivity index (χ0n) is 21.4. The number of rotatable bonds is 6. The second-order valence-corrected chi connectivity index (χ2v) is 11.3. The number of aliphatic imine (C=N–C) groups is 1. The SMILES string of the molecule is CN=C(NCC1CCCN(C(C)C)C1)N1CCC(N(CC2CC2)C(=O)OC(C)(C)C)CC1. The number of hydrogen-bond donors (Lipinski definition) is 1. The van der Waals surface area contributed by atoms with Crippen molar-refractivity contribution in [2.45, 2.75) is 90.8 Å². The lowest BCUT2D eigenvalue weighted by atomic mass is 9.97. The number of nitrogens with zero attached hydrogens (tertiary/aromatic N) is 4. The van der Waals surface area contributed by atoms with Crippen molar-refractivity contribution in [3.8, 4) is 0 Å². The molecule has 2 heterocycles. The summed E-state index contributed by atoms with van der Waals surface area (Å²) in [4.78, 5) is 24.5. The highest BCUT2D eigenvalue weighted by atomic mass is 16.6. The molecule has 1 unspecified atom stereocenters. The first kappa shape index (κ1) is 25.1. The third kappa shape index (κ3) is 7.53. The van der Waals surface area contributed by atoms with Gasteiger partial charge in [-0.1, -0.05) is 0 Å². The molecule has 0 aromatic carbocycles. The highest BCUT2D eigenvalue weighted by Crippen LogP contribution is 2.32. The van der Waals surface area contributed by atoms with Crippen molar-refractivity contribution in [3.05, 3.63) is 0 Å². The van der Waals surface area contributed by atoms with Gasteiger partial charge in [0.1, 0.15) is 5.60 Å². The van der Waals surface area contributed by atoms with Crippen LogP contribution in [0.4, 0.5) is 4.79 Å². The fourth-order valence-corrected chi connectivity index (χ4v) is 4.96. The van der Waals surface area contributed by atoms with Crippen molar-refractivity contribution in [1.82, 2.24) is 20.0 Å². The maximum atomic E-state index is 12.9. The summed E-state index contributed by atoms with van der Waals surface area (Å²) < 4.78 is 5.74. The van der Waals surface area contributed by atoms with Gasteiger partial charge in [-0.3, -0.25) is 4.99 Å². The van der Waals surface area contributed by atoms with Crippen LogP contribution in [0.25, 0.3) is 0 Å². The Morgan fingerprint density at radius 1 is 1.09 bits per heavy atom. The Balaban J connectivity index is 1.49. The van der Waals surface area contributed by atoms with Crippen LogP contribution in [0.3, 0.4) is 0 Å². The van der Waals surface area contributed by atoms with E-state index >= 15 is 0 Å². The van der Waals surface area contributed by atoms with Crippen molar-refractivity contribution in [1.29, 1.82) is 0 Å². The molecule has 2 aliphatic heterocycles. The summed E-state index contributed by atoms with van der Waals surface area (Å²) in [5.74, 6) is 2.36. The Hall–Kier alpha value is -1.50. The Kier molecular flexibility index (Phi) is 8.70. The molecule has 1 saturated carbocycles. The standard InChI is InChI=1S/C25H47N5O2/c1-19(2)29-13-7-8-21(17-29)16-27-23(26-6)28-14-11-22(12-15-28)30(18-20-9-10-20)24(31)32-25(3,4)5/h19-22H,7-18H2,1-6H3,(H,26,27). The van der Waals surface area contributed by atoms with E-state index in [9.17, 15) is 4.79 Å². The van der Waals surface area contributed by atoms with Crippen molar-refractivity contribution in [2.75, 3.05) is 46.3 Å². The van der Waals surface area contributed by atoms with Crippen LogP contribution in [-0.2, 0) is 4.74 Å². The highest BCUT2D eigenvalue weighted by molar-refractivity contribution is 5.80. The molecule has 3 fully saturated rings. The van der Waals surface area contributed by atoms with Crippen molar-refractivity contribution >= 4 is 12.1 Å². The van der Waals surface area contributed by atoms with Gasteiger partial charge in [-0.2, -0.15) is 0 Å². The first-order valence-electron chi connectivity index (χ1n) is 12.9. The lowest BCUT2D eigenvalue weighted by Crippen LogP contribution is -2.53. The third-order valence-corrected chi connectivity index (χ3v) is 7.03. The molecule has 2 saturated heterocycles. The third-order valence-electron chi connectivity index (χ3n) is 7.03. The lowest BCUT2D eigenvalue weighted by molar-refractivity contribution is 0.00927. The summed E-state index contributed by atoms with van der Waals surface area (Å²) in [5.41, 5.74) is -0.449. The highest BCUT2D eigenvalue weighted by Gasteiger charge is 2.35. The second-order valence-electron chi connectivity index (χ2n) is 11.3. The molecule has 1 amide bonds. The Labute approximate surface area is 195 Å². The average molecular weight is 450 g/mol. The number of piperidine rings is 2. The molecular weight excluding hydrogens is 402 g/mol. The Morgan fingerprint density at radius 2 is 1.78 bits per heavy atom. The monoisotopic (exact) mass is 449 g/mol. The predicted molar refractivity (Wildman–Crippen MR) is 131 cm³/mol. The van der Waals surface area contributed by atoms with E-state index in [1.807, 2.05) is 32.7 Å². The largest absolute Gasteiger partial charge is 0.444 e. The Bertz CT molecular complexity index is 633. The lowest BCUT2D eigenvalue weighted by Gasteiger charge is -2.40. The summed E-state index contributed by atoms with van der Waals surface area (Å²) in [6, 6.07) is 0.887. The smallest absolute Gasteiger partial charge is 0.410 e. The van der Waals surface area contributed by atoms with Crippen LogP contribution in [-0.4, -0.2) is 90.8 Å². The molecule has 0 aromatic heterocycles. The second kappa shape index (κ2) is 11.1. The number of guanidine groups is 1. The van der Waals surface area contributed by atoms with E-state index in [2.05, 4.69) is 34.0 Å². The summed E-state index contributed by atoms with van der Waals surface area (Å²) in [6.07, 6.45) is 6.86. The molecule has 0 bridgehead atoms. The molecule has 7 heteroatoms. The van der Waals surface area contributed by atoms with E-state index in [1.165, 1.54) is 38.8 Å². The topological polar surface area (TPSA) is 60.4 Å². The van der Waals surface area contributed by atoms with Gasteiger partial charge in [0, 0.05) is 51.9 Å². The molecule has 32 heavy (non-hydrogen) atoms. The molecule has 1 atom stereocenters. The van der Waals surface area contributed by atoms with Crippen LogP contribution in [0, 0.1) is 11.8 Å². The molecule has 184 valence electrons. The van der Waals surface area contributed by atoms with Gasteiger partial charge < -0.3 is 24.8 Å². The van der Waals surface area contributed by atoms with Crippen LogP contribution in [0.5, 0.6) is 0 Å². The molecule has 0 aromatic rings. The van der Waals surface area contributed by atoms with E-state index in [4.69, 9.17) is 4.74 Å². The van der Waals surface area contributed by atoms with Crippen LogP contribution in [0.15, 0.2) is 4.99 Å². The molecule has 3 rings (SSSR count). The van der Waals surface area contributed by atoms with E-state index in [0.717, 1.165) is 45.0 Å². The van der Waals surface area contributed by atoms with Gasteiger partial charge in [0.2, 0.25) is 0 Å². The molecule has 3 aliphatic rings. The molecule has 0 radical (unpaired) electrons. The van der Waals surface area contributed by atoms with Gasteiger partial charge in [-0.05, 0) is 91.5 Å². The zero-order valence-corrected chi connectivity index (χ0v) is 21.4. The molecule has 1 aliphatic carbocycles. The number of ether oxygens (including phenoxy) is 1. The fourth-order valence-electron chi connectivity index (χ4n) is 4.96. The summed E-state index contributed by atoms with van der Waals surface area (Å²) in [6.45, 7) is 16.5. The van der Waals surface area contributed by atoms with Crippen LogP contribution in [0.1, 0.15) is 73.1 Å². The number of carbonyl (C=O) groups excluding carboxylic acids is 1. The van der Waals surface area contributed by atoms with E-state index in [1.54, 1.807) is 0 Å². The summed E-state index contributed by atoms with van der Waals surface area (Å²) in [5, 5.41) is 3.65. The number of hydrogen-bond acceptors (Lipinski definition) is 4. The number of amides is 1. The van der Waals surface area contributed by atoms with E-state index in [0.29, 0.717) is 17.9 Å². The maximum Gasteiger partial charge on any atom is 0.410 e. The van der Waals surface area contributed by atoms with Crippen LogP contribution in [0.2, 0.25) is 0 Å². The van der Waals surface area contributed by atoms with Crippen LogP contribution >= 0.6 is 0 Å². The van der Waals surface area contributed by atoms with Gasteiger partial charge in [-0.15, -0.1) is 0 Å². The molecule has 7 nitrogen and oxygen atoms in total. The van der Waals surface area contributed by atoms with Gasteiger partial charge in [0.25, 0.3) is 0 Å². The van der Waals surface area contributed by atoms with Gasteiger partial charge >= 0.3 is 6.09 Å². The molecule has 0 spiro atoms. The molecular formula is C25H47N5O2. The van der Waals surface area contributed by atoms with Crippen molar-refractivity contribution < 1.29 is 9.53 Å². The van der Waals surface area contributed by atoms with E-state index < -0.39 is 5.60 Å². The first-order chi connectivity index (χ1) is 15.2. The minimum Gasteiger partial charge on any atom is -0.444 e. The van der Waals surface area contributed by atoms with Crippen molar-refractivity contribution in [2.24, 2.45) is 16.8 Å². The first-order valence-corrected chi connectivity index (χ1v) is 12.9. The van der Waals surface area contributed by atoms with Crippen molar-refractivity contribution in [3.63, 3.8) is 0 Å². The van der Waals surface area contributed by atoms with Gasteiger partial charge in [-0.25, -0.2) is 4.79 Å². The Morgan fingerprint density at radius 3 is 2.34 bits per heavy atom. The number of carbonyl (C=O) groups is 1. The normalized spacial score (nSPS) is 24.0. The minimum atomic E-state index is -0.449. The number of nitrogens with one attached hydrogen (secondary N) is 1. The molecule has 1 N–H and O–H groups in total. The maximum absolute atomic E-state index is 12.9.